The lowest BCUT2D eigenvalue weighted by atomic mass is 10.00. The van der Waals surface area contributed by atoms with Gasteiger partial charge in [-0.3, -0.25) is 0 Å². The van der Waals surface area contributed by atoms with Crippen molar-refractivity contribution in [2.24, 2.45) is 0 Å². The van der Waals surface area contributed by atoms with Crippen LogP contribution in [0, 0.1) is 5.82 Å². The minimum atomic E-state index is -0.341. The van der Waals surface area contributed by atoms with E-state index in [0.29, 0.717) is 21.5 Å². The molecular weight excluding hydrogens is 361 g/mol. The van der Waals surface area contributed by atoms with Gasteiger partial charge in [-0.1, -0.05) is 68.9 Å². The van der Waals surface area contributed by atoms with Crippen LogP contribution in [0.2, 0.25) is 15.1 Å². The first-order valence-electron chi connectivity index (χ1n) is 5.03. The molecule has 2 rings (SSSR count). The molecule has 0 unspecified atom stereocenters. The van der Waals surface area contributed by atoms with Gasteiger partial charge in [-0.05, 0) is 17.7 Å². The van der Waals surface area contributed by atoms with Crippen molar-refractivity contribution >= 4 is 50.7 Å². The molecule has 0 aliphatic carbocycles. The van der Waals surface area contributed by atoms with Gasteiger partial charge in [0.05, 0.1) is 15.1 Å². The number of benzene rings is 2. The summed E-state index contributed by atoms with van der Waals surface area (Å²) in [5, 5.41) is 1.37. The van der Waals surface area contributed by atoms with Crippen molar-refractivity contribution in [2.75, 3.05) is 0 Å². The Morgan fingerprint density at radius 1 is 1.00 bits per heavy atom. The lowest BCUT2D eigenvalue weighted by molar-refractivity contribution is 0.630. The van der Waals surface area contributed by atoms with E-state index in [4.69, 9.17) is 34.8 Å². The number of halogens is 5. The maximum Gasteiger partial charge on any atom is 0.131 e. The summed E-state index contributed by atoms with van der Waals surface area (Å²) in [7, 11) is 0. The lowest BCUT2D eigenvalue weighted by Crippen LogP contribution is -1.92. The van der Waals surface area contributed by atoms with Gasteiger partial charge in [0.1, 0.15) is 5.82 Å². The van der Waals surface area contributed by atoms with Gasteiger partial charge in [0.15, 0.2) is 0 Å². The lowest BCUT2D eigenvalue weighted by Gasteiger charge is -2.12. The zero-order chi connectivity index (χ0) is 13.3. The fourth-order valence-electron chi connectivity index (χ4n) is 1.70. The molecule has 0 spiro atoms. The van der Waals surface area contributed by atoms with Crippen LogP contribution < -0.4 is 0 Å². The maximum absolute atomic E-state index is 14.0. The second kappa shape index (κ2) is 5.79. The van der Waals surface area contributed by atoms with Gasteiger partial charge in [0, 0.05) is 16.5 Å². The summed E-state index contributed by atoms with van der Waals surface area (Å²) in [4.78, 5) is 0. The van der Waals surface area contributed by atoms with Crippen LogP contribution in [0.25, 0.3) is 11.1 Å². The number of hydrogen-bond acceptors (Lipinski definition) is 0. The van der Waals surface area contributed by atoms with Crippen LogP contribution in [0.15, 0.2) is 30.3 Å². The second-order valence-electron chi connectivity index (χ2n) is 3.63. The van der Waals surface area contributed by atoms with E-state index in [1.54, 1.807) is 18.2 Å². The van der Waals surface area contributed by atoms with Crippen molar-refractivity contribution in [3.05, 3.63) is 56.8 Å². The van der Waals surface area contributed by atoms with E-state index in [2.05, 4.69) is 15.9 Å². The molecule has 18 heavy (non-hydrogen) atoms. The van der Waals surface area contributed by atoms with Crippen LogP contribution in [-0.4, -0.2) is 0 Å². The third-order valence-corrected chi connectivity index (χ3v) is 4.45. The minimum absolute atomic E-state index is 0.236. The van der Waals surface area contributed by atoms with Crippen LogP contribution in [-0.2, 0) is 5.33 Å². The third-order valence-electron chi connectivity index (χ3n) is 2.55. The van der Waals surface area contributed by atoms with E-state index in [1.165, 1.54) is 6.07 Å². The number of alkyl halides is 1. The van der Waals surface area contributed by atoms with Crippen LogP contribution >= 0.6 is 50.7 Å². The summed E-state index contributed by atoms with van der Waals surface area (Å²) in [6.45, 7) is 0. The van der Waals surface area contributed by atoms with Crippen LogP contribution in [0.3, 0.4) is 0 Å². The van der Waals surface area contributed by atoms with E-state index in [0.717, 1.165) is 5.56 Å². The first-order chi connectivity index (χ1) is 8.56. The van der Waals surface area contributed by atoms with Crippen molar-refractivity contribution in [1.29, 1.82) is 0 Å². The highest BCUT2D eigenvalue weighted by molar-refractivity contribution is 9.08. The first-order valence-corrected chi connectivity index (χ1v) is 7.29. The SMILES string of the molecule is Fc1cccc(CBr)c1-c1ccc(Cl)c(Cl)c1Cl. The van der Waals surface area contributed by atoms with E-state index >= 15 is 0 Å². The van der Waals surface area contributed by atoms with Crippen LogP contribution in [0.1, 0.15) is 5.56 Å². The van der Waals surface area contributed by atoms with Gasteiger partial charge in [-0.25, -0.2) is 4.39 Å². The highest BCUT2D eigenvalue weighted by Crippen LogP contribution is 2.40. The normalized spacial score (nSPS) is 10.7. The monoisotopic (exact) mass is 366 g/mol. The predicted molar refractivity (Wildman–Crippen MR) is 79.5 cm³/mol. The van der Waals surface area contributed by atoms with E-state index in [1.807, 2.05) is 6.07 Å². The minimum Gasteiger partial charge on any atom is -0.206 e. The Hall–Kier alpha value is -0.280. The summed E-state index contributed by atoms with van der Waals surface area (Å²) >= 11 is 21.3. The molecule has 0 fully saturated rings. The van der Waals surface area contributed by atoms with E-state index in [9.17, 15) is 4.39 Å². The Bertz CT molecular complexity index is 599. The average molecular weight is 368 g/mol. The Morgan fingerprint density at radius 2 is 1.72 bits per heavy atom. The Labute approximate surface area is 128 Å². The molecule has 0 saturated heterocycles. The summed E-state index contributed by atoms with van der Waals surface area (Å²) in [5.74, 6) is -0.341. The van der Waals surface area contributed by atoms with Gasteiger partial charge in [0.2, 0.25) is 0 Å². The molecule has 0 nitrogen and oxygen atoms in total. The first kappa shape index (κ1) is 14.1. The van der Waals surface area contributed by atoms with Gasteiger partial charge >= 0.3 is 0 Å². The number of hydrogen-bond donors (Lipinski definition) is 0. The van der Waals surface area contributed by atoms with Crippen molar-refractivity contribution in [3.8, 4) is 11.1 Å². The van der Waals surface area contributed by atoms with Gasteiger partial charge < -0.3 is 0 Å². The highest BCUT2D eigenvalue weighted by Gasteiger charge is 2.16. The summed E-state index contributed by atoms with van der Waals surface area (Å²) < 4.78 is 14.0. The van der Waals surface area contributed by atoms with Crippen molar-refractivity contribution in [2.45, 2.75) is 5.33 Å². The topological polar surface area (TPSA) is 0 Å². The Morgan fingerprint density at radius 3 is 2.39 bits per heavy atom. The Kier molecular flexibility index (Phi) is 4.54. The summed E-state index contributed by atoms with van der Waals surface area (Å²) in [6.07, 6.45) is 0. The molecule has 94 valence electrons. The Balaban J connectivity index is 2.73. The second-order valence-corrected chi connectivity index (χ2v) is 5.35. The smallest absolute Gasteiger partial charge is 0.131 e. The zero-order valence-corrected chi connectivity index (χ0v) is 12.8. The molecule has 0 bridgehead atoms. The molecule has 0 N–H and O–H groups in total. The van der Waals surface area contributed by atoms with Crippen molar-refractivity contribution in [1.82, 2.24) is 0 Å². The van der Waals surface area contributed by atoms with Crippen molar-refractivity contribution < 1.29 is 4.39 Å². The highest BCUT2D eigenvalue weighted by atomic mass is 79.9. The molecule has 0 heterocycles. The molecule has 0 amide bonds. The molecule has 0 aromatic heterocycles. The largest absolute Gasteiger partial charge is 0.206 e. The molecule has 0 atom stereocenters. The molecule has 0 aliphatic heterocycles. The molecule has 0 radical (unpaired) electrons. The number of rotatable bonds is 2. The standard InChI is InChI=1S/C13H7BrCl3F/c14-6-7-2-1-3-10(18)11(7)8-4-5-9(15)13(17)12(8)16/h1-5H,6H2. The molecule has 2 aromatic rings. The van der Waals surface area contributed by atoms with Gasteiger partial charge in [0.25, 0.3) is 0 Å². The van der Waals surface area contributed by atoms with Crippen molar-refractivity contribution in [3.63, 3.8) is 0 Å². The van der Waals surface area contributed by atoms with E-state index < -0.39 is 0 Å². The molecule has 2 aromatic carbocycles. The molecular formula is C13H7BrCl3F. The summed E-state index contributed by atoms with van der Waals surface area (Å²) in [6, 6.07) is 8.14. The predicted octanol–water partition coefficient (Wildman–Crippen LogP) is 6.35. The van der Waals surface area contributed by atoms with E-state index in [-0.39, 0.29) is 15.9 Å². The molecule has 0 aliphatic rings. The average Bonchev–Trinajstić information content (AvgIpc) is 2.37. The summed E-state index contributed by atoms with van der Waals surface area (Å²) in [5.41, 5.74) is 1.78. The molecule has 5 heteroatoms. The third kappa shape index (κ3) is 2.53. The quantitative estimate of drug-likeness (QED) is 0.428. The zero-order valence-electron chi connectivity index (χ0n) is 8.98. The maximum atomic E-state index is 14.0. The van der Waals surface area contributed by atoms with Gasteiger partial charge in [-0.2, -0.15) is 0 Å². The van der Waals surface area contributed by atoms with Crippen LogP contribution in [0.5, 0.6) is 0 Å². The fraction of sp³-hybridized carbons (Fsp3) is 0.0769. The fourth-order valence-corrected chi connectivity index (χ4v) is 2.80. The molecule has 0 saturated carbocycles. The van der Waals surface area contributed by atoms with Crippen LogP contribution in [0.4, 0.5) is 4.39 Å². The van der Waals surface area contributed by atoms with Gasteiger partial charge in [-0.15, -0.1) is 0 Å².